The molecule has 9 atom stereocenters. The van der Waals surface area contributed by atoms with Crippen molar-refractivity contribution in [1.82, 2.24) is 0 Å². The molecule has 14 nitrogen and oxygen atoms in total. The second kappa shape index (κ2) is 11.8. The van der Waals surface area contributed by atoms with Gasteiger partial charge in [-0.1, -0.05) is 24.3 Å². The van der Waals surface area contributed by atoms with E-state index >= 15 is 0 Å². The number of rotatable bonds is 7. The lowest BCUT2D eigenvalue weighted by Crippen LogP contribution is -2.60. The van der Waals surface area contributed by atoms with Gasteiger partial charge in [-0.25, -0.2) is 0 Å². The van der Waals surface area contributed by atoms with E-state index in [1.54, 1.807) is 12.1 Å². The Kier molecular flexibility index (Phi) is 8.52. The van der Waals surface area contributed by atoms with Gasteiger partial charge in [-0.15, -0.1) is 0 Å². The van der Waals surface area contributed by atoms with Crippen molar-refractivity contribution in [1.29, 1.82) is 0 Å². The molecule has 3 aliphatic rings. The Morgan fingerprint density at radius 2 is 1.46 bits per heavy atom. The second-order valence-corrected chi connectivity index (χ2v) is 10.1. The van der Waals surface area contributed by atoms with Crippen LogP contribution in [-0.2, 0) is 32.2 Å². The van der Waals surface area contributed by atoms with Crippen LogP contribution in [0, 0.1) is 0 Å². The summed E-state index contributed by atoms with van der Waals surface area (Å²) in [6.45, 7) is -2.01. The zero-order valence-corrected chi connectivity index (χ0v) is 21.4. The second-order valence-electron chi connectivity index (χ2n) is 10.1. The number of benzene rings is 2. The molecule has 0 bridgehead atoms. The van der Waals surface area contributed by atoms with Crippen molar-refractivity contribution >= 4 is 11.6 Å². The average Bonchev–Trinajstić information content (AvgIpc) is 2.97. The fourth-order valence-electron chi connectivity index (χ4n) is 5.12. The number of aliphatic hydroxyl groups excluding tert-OH is 7. The molecule has 1 aliphatic carbocycles. The summed E-state index contributed by atoms with van der Waals surface area (Å²) in [5.41, 5.74) is -0.0974. The van der Waals surface area contributed by atoms with Crippen LogP contribution in [0.15, 0.2) is 30.3 Å². The first-order chi connectivity index (χ1) is 19.5. The summed E-state index contributed by atoms with van der Waals surface area (Å²) in [7, 11) is 0. The van der Waals surface area contributed by atoms with Gasteiger partial charge < -0.3 is 59.8 Å². The number of phenols is 1. The minimum Gasteiger partial charge on any atom is -0.507 e. The Hall–Kier alpha value is -2.86. The Balaban J connectivity index is 1.32. The molecule has 2 aromatic carbocycles. The molecule has 2 aromatic rings. The van der Waals surface area contributed by atoms with E-state index in [4.69, 9.17) is 18.9 Å². The molecule has 2 fully saturated rings. The molecule has 0 saturated carbocycles. The van der Waals surface area contributed by atoms with Gasteiger partial charge in [-0.2, -0.15) is 0 Å². The van der Waals surface area contributed by atoms with Crippen molar-refractivity contribution in [3.05, 3.63) is 63.7 Å². The molecule has 0 unspecified atom stereocenters. The predicted molar refractivity (Wildman–Crippen MR) is 133 cm³/mol. The minimum atomic E-state index is -1.77. The quantitative estimate of drug-likeness (QED) is 0.144. The number of hydrogen-bond acceptors (Lipinski definition) is 14. The van der Waals surface area contributed by atoms with E-state index in [1.165, 1.54) is 18.2 Å². The van der Waals surface area contributed by atoms with Crippen molar-refractivity contribution in [3.8, 4) is 5.75 Å². The number of carbonyl (C=O) groups excluding carboxylic acids is 2. The molecule has 2 heterocycles. The first-order valence-electron chi connectivity index (χ1n) is 12.8. The summed E-state index contributed by atoms with van der Waals surface area (Å²) < 4.78 is 21.7. The first-order valence-corrected chi connectivity index (χ1v) is 12.8. The third-order valence-corrected chi connectivity index (χ3v) is 7.49. The van der Waals surface area contributed by atoms with Gasteiger partial charge in [0.05, 0.1) is 32.0 Å². The van der Waals surface area contributed by atoms with Crippen LogP contribution in [-0.4, -0.2) is 121 Å². The standard InChI is InChI=1S/C27H30O14/c28-6-14-10(5-13-17(20(14)32)19(31)12-4-2-1-3-11(12)18(13)30)7-38-27-25(37)23(35)22(34)16(41-27)9-40-26-24(36)21(33)15(29)8-39-26/h1-5,15-16,21-29,32-37H,6-9H2/t15-,16+,21+,22-,23+,24+,25+,26+,27-/m0/s1. The molecule has 0 spiro atoms. The van der Waals surface area contributed by atoms with E-state index in [2.05, 4.69) is 0 Å². The number of carbonyl (C=O) groups is 2. The van der Waals surface area contributed by atoms with Crippen LogP contribution in [0.5, 0.6) is 5.75 Å². The van der Waals surface area contributed by atoms with E-state index in [-0.39, 0.29) is 40.0 Å². The van der Waals surface area contributed by atoms with Gasteiger partial charge >= 0.3 is 0 Å². The normalized spacial score (nSPS) is 33.4. The molecule has 2 aliphatic heterocycles. The lowest BCUT2D eigenvalue weighted by atomic mass is 9.81. The highest BCUT2D eigenvalue weighted by Crippen LogP contribution is 2.37. The third kappa shape index (κ3) is 5.29. The fraction of sp³-hybridized carbons (Fsp3) is 0.481. The number of aromatic hydroxyl groups is 1. The minimum absolute atomic E-state index is 0.0970. The van der Waals surface area contributed by atoms with Gasteiger partial charge in [0, 0.05) is 22.3 Å². The van der Waals surface area contributed by atoms with Crippen molar-refractivity contribution in [2.75, 3.05) is 13.2 Å². The third-order valence-electron chi connectivity index (χ3n) is 7.49. The molecule has 2 saturated heterocycles. The van der Waals surface area contributed by atoms with Crippen LogP contribution in [0.1, 0.15) is 43.0 Å². The predicted octanol–water partition coefficient (Wildman–Crippen LogP) is -2.56. The van der Waals surface area contributed by atoms with E-state index < -0.39 is 92.4 Å². The summed E-state index contributed by atoms with van der Waals surface area (Å²) in [6, 6.07) is 7.40. The number of ketones is 2. The summed E-state index contributed by atoms with van der Waals surface area (Å²) >= 11 is 0. The molecule has 0 amide bonds. The fourth-order valence-corrected chi connectivity index (χ4v) is 5.12. The summed E-state index contributed by atoms with van der Waals surface area (Å²) in [4.78, 5) is 26.2. The maximum Gasteiger partial charge on any atom is 0.198 e. The SMILES string of the molecule is O=C1c2ccccc2C(=O)c2c1cc(CO[C@H]1O[C@H](CO[C@H]3OC[C@H](O)[C@@H](O)[C@H]3O)[C@H](O)[C@@H](O)[C@H]1O)c(CO)c2O. The molecule has 14 heteroatoms. The first kappa shape index (κ1) is 29.6. The molecule has 8 N–H and O–H groups in total. The van der Waals surface area contributed by atoms with Crippen molar-refractivity contribution in [3.63, 3.8) is 0 Å². The van der Waals surface area contributed by atoms with Gasteiger partial charge in [0.25, 0.3) is 0 Å². The molecule has 0 aromatic heterocycles. The number of hydrogen-bond donors (Lipinski definition) is 8. The van der Waals surface area contributed by atoms with Crippen LogP contribution < -0.4 is 0 Å². The Labute approximate surface area is 232 Å². The zero-order chi connectivity index (χ0) is 29.6. The molecular weight excluding hydrogens is 548 g/mol. The number of ether oxygens (including phenoxy) is 4. The van der Waals surface area contributed by atoms with Gasteiger partial charge in [-0.3, -0.25) is 9.59 Å². The Morgan fingerprint density at radius 1 is 0.805 bits per heavy atom. The smallest absolute Gasteiger partial charge is 0.198 e. The van der Waals surface area contributed by atoms with Gasteiger partial charge in [0.1, 0.15) is 48.5 Å². The lowest BCUT2D eigenvalue weighted by molar-refractivity contribution is -0.322. The summed E-state index contributed by atoms with van der Waals surface area (Å²) in [6.07, 6.45) is -13.9. The molecule has 222 valence electrons. The topological polar surface area (TPSA) is 233 Å². The monoisotopic (exact) mass is 578 g/mol. The van der Waals surface area contributed by atoms with E-state index in [9.17, 15) is 50.4 Å². The molecule has 0 radical (unpaired) electrons. The van der Waals surface area contributed by atoms with Crippen molar-refractivity contribution in [2.45, 2.75) is 68.5 Å². The largest absolute Gasteiger partial charge is 0.507 e. The van der Waals surface area contributed by atoms with Crippen LogP contribution in [0.4, 0.5) is 0 Å². The van der Waals surface area contributed by atoms with Crippen molar-refractivity contribution < 1.29 is 69.4 Å². The Bertz CT molecular complexity index is 1310. The van der Waals surface area contributed by atoms with Crippen LogP contribution in [0.2, 0.25) is 0 Å². The summed E-state index contributed by atoms with van der Waals surface area (Å²) in [5, 5.41) is 81.5. The van der Waals surface area contributed by atoms with Crippen LogP contribution in [0.3, 0.4) is 0 Å². The van der Waals surface area contributed by atoms with E-state index in [0.29, 0.717) is 0 Å². The summed E-state index contributed by atoms with van der Waals surface area (Å²) in [5.74, 6) is -1.71. The number of aliphatic hydroxyl groups is 7. The maximum atomic E-state index is 13.1. The van der Waals surface area contributed by atoms with E-state index in [0.717, 1.165) is 0 Å². The van der Waals surface area contributed by atoms with E-state index in [1.807, 2.05) is 0 Å². The highest BCUT2D eigenvalue weighted by atomic mass is 16.7. The Morgan fingerprint density at radius 3 is 2.15 bits per heavy atom. The van der Waals surface area contributed by atoms with Gasteiger partial charge in [-0.05, 0) is 11.6 Å². The lowest BCUT2D eigenvalue weighted by Gasteiger charge is -2.41. The zero-order valence-electron chi connectivity index (χ0n) is 21.4. The molecular formula is C27H30O14. The molecule has 41 heavy (non-hydrogen) atoms. The molecule has 5 rings (SSSR count). The van der Waals surface area contributed by atoms with Gasteiger partial charge in [0.15, 0.2) is 24.1 Å². The van der Waals surface area contributed by atoms with Crippen LogP contribution in [0.25, 0.3) is 0 Å². The average molecular weight is 579 g/mol. The highest BCUT2D eigenvalue weighted by molar-refractivity contribution is 6.29. The van der Waals surface area contributed by atoms with Gasteiger partial charge in [0.2, 0.25) is 0 Å². The maximum absolute atomic E-state index is 13.1. The highest BCUT2D eigenvalue weighted by Gasteiger charge is 2.46. The van der Waals surface area contributed by atoms with Crippen molar-refractivity contribution in [2.24, 2.45) is 0 Å². The number of fused-ring (bicyclic) bond motifs is 2. The van der Waals surface area contributed by atoms with Crippen LogP contribution >= 0.6 is 0 Å².